The number of aliphatic carboxylic acids is 1. The number of hydrogen-bond acceptors (Lipinski definition) is 3. The highest BCUT2D eigenvalue weighted by Gasteiger charge is 2.14. The van der Waals surface area contributed by atoms with Gasteiger partial charge in [-0.1, -0.05) is 119 Å². The molecule has 0 rings (SSSR count). The van der Waals surface area contributed by atoms with Crippen molar-refractivity contribution in [3.8, 4) is 0 Å². The van der Waals surface area contributed by atoms with E-state index < -0.39 is 5.97 Å². The normalized spacial score (nSPS) is 13.2. The van der Waals surface area contributed by atoms with Crippen molar-refractivity contribution < 1.29 is 19.4 Å². The van der Waals surface area contributed by atoms with Crippen molar-refractivity contribution in [1.29, 1.82) is 0 Å². The molecule has 238 valence electrons. The molecular formula is C38H62O4. The molecule has 0 saturated carbocycles. The first-order chi connectivity index (χ1) is 20.6. The van der Waals surface area contributed by atoms with Crippen molar-refractivity contribution in [2.24, 2.45) is 0 Å². The molecule has 0 aliphatic carbocycles. The number of allylic oxidation sites excluding steroid dienone is 12. The zero-order chi connectivity index (χ0) is 30.8. The van der Waals surface area contributed by atoms with Gasteiger partial charge in [0, 0.05) is 12.8 Å². The number of carbonyl (C=O) groups excluding carboxylic acids is 1. The summed E-state index contributed by atoms with van der Waals surface area (Å²) in [4.78, 5) is 23.0. The second-order valence-electron chi connectivity index (χ2n) is 11.0. The second-order valence-corrected chi connectivity index (χ2v) is 11.0. The number of rotatable bonds is 29. The number of ether oxygens (including phenoxy) is 1. The van der Waals surface area contributed by atoms with Crippen molar-refractivity contribution in [1.82, 2.24) is 0 Å². The van der Waals surface area contributed by atoms with Crippen LogP contribution in [0.5, 0.6) is 0 Å². The number of hydrogen-bond donors (Lipinski definition) is 1. The van der Waals surface area contributed by atoms with E-state index in [9.17, 15) is 9.59 Å². The van der Waals surface area contributed by atoms with Crippen LogP contribution in [-0.4, -0.2) is 23.1 Å². The molecule has 1 unspecified atom stereocenters. The lowest BCUT2D eigenvalue weighted by atomic mass is 10.0. The zero-order valence-electron chi connectivity index (χ0n) is 27.0. The van der Waals surface area contributed by atoms with Crippen LogP contribution in [0.3, 0.4) is 0 Å². The van der Waals surface area contributed by atoms with Crippen LogP contribution in [0.1, 0.15) is 149 Å². The minimum absolute atomic E-state index is 0.0337. The van der Waals surface area contributed by atoms with Gasteiger partial charge in [-0.25, -0.2) is 0 Å². The van der Waals surface area contributed by atoms with E-state index in [4.69, 9.17) is 9.84 Å². The summed E-state index contributed by atoms with van der Waals surface area (Å²) >= 11 is 0. The SMILES string of the molecule is CC/C=C\C/C=C\C/C=C\C/C=C\C/C=C\C/C=C\CCCCC(=O)OC(CCCCC)CCCCCCCC(=O)O. The fourth-order valence-corrected chi connectivity index (χ4v) is 4.48. The molecule has 0 radical (unpaired) electrons. The number of carboxylic acid groups (broad SMARTS) is 1. The van der Waals surface area contributed by atoms with Gasteiger partial charge in [0.1, 0.15) is 6.10 Å². The fourth-order valence-electron chi connectivity index (χ4n) is 4.48. The van der Waals surface area contributed by atoms with E-state index >= 15 is 0 Å². The number of carboxylic acids is 1. The van der Waals surface area contributed by atoms with Crippen molar-refractivity contribution >= 4 is 11.9 Å². The second kappa shape index (κ2) is 32.9. The maximum Gasteiger partial charge on any atom is 0.306 e. The Balaban J connectivity index is 3.88. The third kappa shape index (κ3) is 31.9. The van der Waals surface area contributed by atoms with E-state index in [0.29, 0.717) is 6.42 Å². The van der Waals surface area contributed by atoms with E-state index in [-0.39, 0.29) is 18.5 Å². The van der Waals surface area contributed by atoms with Crippen molar-refractivity contribution in [2.45, 2.75) is 155 Å². The lowest BCUT2D eigenvalue weighted by Gasteiger charge is -2.18. The minimum atomic E-state index is -0.713. The Hall–Kier alpha value is -2.62. The first-order valence-corrected chi connectivity index (χ1v) is 16.9. The molecule has 0 aromatic heterocycles. The van der Waals surface area contributed by atoms with Gasteiger partial charge in [0.05, 0.1) is 0 Å². The molecule has 42 heavy (non-hydrogen) atoms. The quantitative estimate of drug-likeness (QED) is 0.0541. The van der Waals surface area contributed by atoms with Gasteiger partial charge in [0.25, 0.3) is 0 Å². The maximum atomic E-state index is 12.4. The van der Waals surface area contributed by atoms with E-state index in [1.165, 1.54) is 12.8 Å². The Labute approximate surface area is 258 Å². The molecule has 0 aliphatic heterocycles. The predicted molar refractivity (Wildman–Crippen MR) is 181 cm³/mol. The van der Waals surface area contributed by atoms with Crippen molar-refractivity contribution in [3.05, 3.63) is 72.9 Å². The maximum absolute atomic E-state index is 12.4. The predicted octanol–water partition coefficient (Wildman–Crippen LogP) is 11.6. The van der Waals surface area contributed by atoms with Crippen LogP contribution in [0.4, 0.5) is 0 Å². The molecule has 0 aromatic carbocycles. The zero-order valence-corrected chi connectivity index (χ0v) is 27.0. The van der Waals surface area contributed by atoms with Gasteiger partial charge >= 0.3 is 11.9 Å². The van der Waals surface area contributed by atoms with Gasteiger partial charge in [0.2, 0.25) is 0 Å². The third-order valence-electron chi connectivity index (χ3n) is 6.94. The van der Waals surface area contributed by atoms with E-state index in [0.717, 1.165) is 109 Å². The van der Waals surface area contributed by atoms with Crippen LogP contribution >= 0.6 is 0 Å². The van der Waals surface area contributed by atoms with Gasteiger partial charge in [0.15, 0.2) is 0 Å². The average Bonchev–Trinajstić information content (AvgIpc) is 2.97. The number of carbonyl (C=O) groups is 2. The summed E-state index contributed by atoms with van der Waals surface area (Å²) in [5, 5.41) is 8.73. The van der Waals surface area contributed by atoms with E-state index in [1.807, 2.05) is 0 Å². The van der Waals surface area contributed by atoms with Gasteiger partial charge in [-0.3, -0.25) is 9.59 Å². The Morgan fingerprint density at radius 3 is 1.52 bits per heavy atom. The standard InChI is InChI=1S/C38H62O4/c1-3-5-7-8-9-10-11-12-13-14-15-16-17-18-19-20-21-22-23-27-31-35-38(41)42-36(32-28-6-4-2)33-29-25-24-26-30-34-37(39)40/h5,7,9-10,12-13,15-16,18-19,21-22,36H,3-4,6,8,11,14,17,20,23-35H2,1-2H3,(H,39,40)/b7-5-,10-9-,13-12-,16-15-,19-18-,22-21-. The summed E-state index contributed by atoms with van der Waals surface area (Å²) in [7, 11) is 0. The Kier molecular flexibility index (Phi) is 30.8. The number of unbranched alkanes of at least 4 members (excludes halogenated alkanes) is 8. The highest BCUT2D eigenvalue weighted by Crippen LogP contribution is 2.17. The summed E-state index contributed by atoms with van der Waals surface area (Å²) in [5.41, 5.74) is 0. The molecule has 1 atom stereocenters. The molecule has 0 fully saturated rings. The molecule has 4 heteroatoms. The molecule has 0 aromatic rings. The molecule has 0 amide bonds. The summed E-state index contributed by atoms with van der Waals surface area (Å²) in [6.45, 7) is 4.35. The molecule has 0 bridgehead atoms. The van der Waals surface area contributed by atoms with Crippen LogP contribution in [0, 0.1) is 0 Å². The highest BCUT2D eigenvalue weighted by molar-refractivity contribution is 5.69. The lowest BCUT2D eigenvalue weighted by molar-refractivity contribution is -0.150. The van der Waals surface area contributed by atoms with Gasteiger partial charge in [-0.2, -0.15) is 0 Å². The molecule has 1 N–H and O–H groups in total. The topological polar surface area (TPSA) is 63.6 Å². The Bertz CT molecular complexity index is 800. The third-order valence-corrected chi connectivity index (χ3v) is 6.94. The largest absolute Gasteiger partial charge is 0.481 e. The van der Waals surface area contributed by atoms with E-state index in [2.05, 4.69) is 86.8 Å². The highest BCUT2D eigenvalue weighted by atomic mass is 16.5. The monoisotopic (exact) mass is 582 g/mol. The molecule has 0 heterocycles. The van der Waals surface area contributed by atoms with Crippen LogP contribution in [0.2, 0.25) is 0 Å². The van der Waals surface area contributed by atoms with Crippen LogP contribution in [0.25, 0.3) is 0 Å². The number of esters is 1. The summed E-state index contributed by atoms with van der Waals surface area (Å²) in [5.74, 6) is -0.768. The summed E-state index contributed by atoms with van der Waals surface area (Å²) in [6.07, 6.45) is 46.5. The molecular weight excluding hydrogens is 520 g/mol. The van der Waals surface area contributed by atoms with Gasteiger partial charge in [-0.15, -0.1) is 0 Å². The summed E-state index contributed by atoms with van der Waals surface area (Å²) < 4.78 is 5.84. The van der Waals surface area contributed by atoms with Crippen LogP contribution in [0.15, 0.2) is 72.9 Å². The van der Waals surface area contributed by atoms with Gasteiger partial charge < -0.3 is 9.84 Å². The average molecular weight is 583 g/mol. The first-order valence-electron chi connectivity index (χ1n) is 16.9. The summed E-state index contributed by atoms with van der Waals surface area (Å²) in [6, 6.07) is 0. The van der Waals surface area contributed by atoms with Crippen LogP contribution < -0.4 is 0 Å². The molecule has 4 nitrogen and oxygen atoms in total. The Morgan fingerprint density at radius 1 is 0.548 bits per heavy atom. The smallest absolute Gasteiger partial charge is 0.306 e. The lowest BCUT2D eigenvalue weighted by Crippen LogP contribution is -2.18. The van der Waals surface area contributed by atoms with Crippen LogP contribution in [-0.2, 0) is 14.3 Å². The molecule has 0 aliphatic rings. The first kappa shape index (κ1) is 39.4. The molecule has 0 saturated heterocycles. The molecule has 0 spiro atoms. The minimum Gasteiger partial charge on any atom is -0.481 e. The van der Waals surface area contributed by atoms with Gasteiger partial charge in [-0.05, 0) is 89.9 Å². The van der Waals surface area contributed by atoms with E-state index in [1.54, 1.807) is 0 Å². The Morgan fingerprint density at radius 2 is 1.00 bits per heavy atom. The van der Waals surface area contributed by atoms with Crippen molar-refractivity contribution in [2.75, 3.05) is 0 Å². The van der Waals surface area contributed by atoms with Crippen molar-refractivity contribution in [3.63, 3.8) is 0 Å². The fraction of sp³-hybridized carbons (Fsp3) is 0.632.